The van der Waals surface area contributed by atoms with Crippen molar-refractivity contribution in [1.82, 2.24) is 0 Å². The van der Waals surface area contributed by atoms with E-state index in [1.807, 2.05) is 20.1 Å². The van der Waals surface area contributed by atoms with E-state index >= 15 is 0 Å². The van der Waals surface area contributed by atoms with Gasteiger partial charge in [0, 0.05) is 6.26 Å². The third kappa shape index (κ3) is 2.70. The second kappa shape index (κ2) is 5.07. The monoisotopic (exact) mass is 154 g/mol. The van der Waals surface area contributed by atoms with E-state index in [1.165, 1.54) is 11.9 Å². The fourth-order valence-corrected chi connectivity index (χ4v) is 0.913. The van der Waals surface area contributed by atoms with Gasteiger partial charge in [-0.05, 0) is 25.8 Å². The van der Waals surface area contributed by atoms with Gasteiger partial charge in [0.05, 0.1) is 11.3 Å². The minimum absolute atomic E-state index is 0.648. The van der Waals surface area contributed by atoms with Crippen LogP contribution in [0.3, 0.4) is 0 Å². The third-order valence-electron chi connectivity index (χ3n) is 1.03. The molecule has 0 aromatic carbocycles. The predicted octanol–water partition coefficient (Wildman–Crippen LogP) is 2.20. The van der Waals surface area contributed by atoms with Crippen LogP contribution in [0.2, 0.25) is 0 Å². The number of allylic oxidation sites excluding steroid dienone is 2. The lowest BCUT2D eigenvalue weighted by Crippen LogP contribution is -1.92. The zero-order valence-corrected chi connectivity index (χ0v) is 7.20. The van der Waals surface area contributed by atoms with E-state index in [4.69, 9.17) is 5.26 Å². The van der Waals surface area contributed by atoms with Crippen molar-refractivity contribution < 1.29 is 0 Å². The first-order chi connectivity index (χ1) is 4.76. The van der Waals surface area contributed by atoms with Gasteiger partial charge in [0.2, 0.25) is 0 Å². The van der Waals surface area contributed by atoms with Crippen molar-refractivity contribution >= 4 is 17.7 Å². The van der Waals surface area contributed by atoms with Crippen LogP contribution in [0.15, 0.2) is 16.0 Å². The van der Waals surface area contributed by atoms with E-state index in [0.29, 0.717) is 5.57 Å². The minimum atomic E-state index is 0.648. The molecular weight excluding hydrogens is 144 g/mol. The molecule has 0 aliphatic rings. The molecule has 2 nitrogen and oxygen atoms in total. The van der Waals surface area contributed by atoms with Crippen LogP contribution in [0.25, 0.3) is 0 Å². The molecule has 0 rings (SSSR count). The Balaban J connectivity index is 4.35. The van der Waals surface area contributed by atoms with Gasteiger partial charge < -0.3 is 0 Å². The molecule has 0 unspecified atom stereocenters. The fourth-order valence-electron chi connectivity index (χ4n) is 0.540. The smallest absolute Gasteiger partial charge is 0.101 e. The summed E-state index contributed by atoms with van der Waals surface area (Å²) in [5, 5.41) is 8.51. The average molecular weight is 154 g/mol. The standard InChI is InChI=1S/C7H10N2S/c1-4-7(5-8)6(2)9-10-3/h4H,1-3H3/b7-4+,9-6-. The van der Waals surface area contributed by atoms with Crippen molar-refractivity contribution in [3.8, 4) is 6.07 Å². The van der Waals surface area contributed by atoms with Gasteiger partial charge in [-0.3, -0.25) is 0 Å². The topological polar surface area (TPSA) is 36.1 Å². The van der Waals surface area contributed by atoms with E-state index in [-0.39, 0.29) is 0 Å². The molecule has 0 bridgehead atoms. The summed E-state index contributed by atoms with van der Waals surface area (Å²) >= 11 is 1.36. The number of nitrogens with zero attached hydrogens (tertiary/aromatic N) is 2. The van der Waals surface area contributed by atoms with Crippen LogP contribution >= 0.6 is 11.9 Å². The Morgan fingerprint density at radius 1 is 1.70 bits per heavy atom. The number of hydrogen-bond donors (Lipinski definition) is 0. The number of nitriles is 1. The summed E-state index contributed by atoms with van der Waals surface area (Å²) in [6, 6.07) is 2.05. The number of hydrogen-bond acceptors (Lipinski definition) is 3. The lowest BCUT2D eigenvalue weighted by molar-refractivity contribution is 1.49. The molecule has 0 radical (unpaired) electrons. The van der Waals surface area contributed by atoms with Crippen LogP contribution in [0.1, 0.15) is 13.8 Å². The van der Waals surface area contributed by atoms with E-state index in [0.717, 1.165) is 5.71 Å². The highest BCUT2D eigenvalue weighted by Crippen LogP contribution is 2.02. The van der Waals surface area contributed by atoms with Gasteiger partial charge in [0.1, 0.15) is 6.07 Å². The molecule has 0 amide bonds. The van der Waals surface area contributed by atoms with Crippen LogP contribution in [-0.2, 0) is 0 Å². The Morgan fingerprint density at radius 2 is 2.30 bits per heavy atom. The van der Waals surface area contributed by atoms with Crippen molar-refractivity contribution in [3.63, 3.8) is 0 Å². The largest absolute Gasteiger partial charge is 0.220 e. The van der Waals surface area contributed by atoms with E-state index < -0.39 is 0 Å². The zero-order valence-electron chi connectivity index (χ0n) is 6.38. The maximum atomic E-state index is 8.51. The normalized spacial score (nSPS) is 13.0. The van der Waals surface area contributed by atoms with Gasteiger partial charge >= 0.3 is 0 Å². The second-order valence-electron chi connectivity index (χ2n) is 1.67. The van der Waals surface area contributed by atoms with Gasteiger partial charge in [-0.1, -0.05) is 6.08 Å². The summed E-state index contributed by atoms with van der Waals surface area (Å²) < 4.78 is 4.01. The quantitative estimate of drug-likeness (QED) is 0.347. The fraction of sp³-hybridized carbons (Fsp3) is 0.429. The SMILES string of the molecule is C/C=C(C#N)/C(C)=N\SC. The molecule has 0 saturated carbocycles. The Labute approximate surface area is 65.8 Å². The molecule has 54 valence electrons. The van der Waals surface area contributed by atoms with E-state index in [2.05, 4.69) is 10.5 Å². The predicted molar refractivity (Wildman–Crippen MR) is 46.0 cm³/mol. The lowest BCUT2D eigenvalue weighted by Gasteiger charge is -1.92. The maximum absolute atomic E-state index is 8.51. The Kier molecular flexibility index (Phi) is 4.69. The average Bonchev–Trinajstić information content (AvgIpc) is 1.91. The van der Waals surface area contributed by atoms with Crippen molar-refractivity contribution in [1.29, 1.82) is 5.26 Å². The molecule has 0 spiro atoms. The van der Waals surface area contributed by atoms with Crippen LogP contribution < -0.4 is 0 Å². The summed E-state index contributed by atoms with van der Waals surface area (Å²) in [7, 11) is 0. The van der Waals surface area contributed by atoms with Crippen molar-refractivity contribution in [2.75, 3.05) is 6.26 Å². The van der Waals surface area contributed by atoms with Crippen LogP contribution in [0.4, 0.5) is 0 Å². The van der Waals surface area contributed by atoms with Crippen molar-refractivity contribution in [2.45, 2.75) is 13.8 Å². The highest BCUT2D eigenvalue weighted by atomic mass is 32.2. The molecule has 0 aliphatic heterocycles. The first-order valence-corrected chi connectivity index (χ1v) is 4.09. The van der Waals surface area contributed by atoms with E-state index in [1.54, 1.807) is 6.08 Å². The summed E-state index contributed by atoms with van der Waals surface area (Å²) in [5.41, 5.74) is 1.44. The molecule has 0 atom stereocenters. The van der Waals surface area contributed by atoms with Crippen molar-refractivity contribution in [2.24, 2.45) is 4.40 Å². The molecule has 0 aromatic rings. The van der Waals surface area contributed by atoms with Crippen LogP contribution in [0.5, 0.6) is 0 Å². The molecule has 0 heterocycles. The Hall–Kier alpha value is -0.750. The molecule has 0 aromatic heterocycles. The molecule has 0 fully saturated rings. The van der Waals surface area contributed by atoms with Gasteiger partial charge in [-0.15, -0.1) is 0 Å². The molecule has 0 aliphatic carbocycles. The van der Waals surface area contributed by atoms with E-state index in [9.17, 15) is 0 Å². The zero-order chi connectivity index (χ0) is 7.98. The number of rotatable bonds is 2. The highest BCUT2D eigenvalue weighted by Gasteiger charge is 1.95. The summed E-state index contributed by atoms with van der Waals surface area (Å²) in [5.74, 6) is 0. The lowest BCUT2D eigenvalue weighted by atomic mass is 10.2. The summed E-state index contributed by atoms with van der Waals surface area (Å²) in [4.78, 5) is 0. The second-order valence-corrected chi connectivity index (χ2v) is 2.22. The Bertz CT molecular complexity index is 198. The first-order valence-electron chi connectivity index (χ1n) is 2.90. The third-order valence-corrected chi connectivity index (χ3v) is 1.48. The first kappa shape index (κ1) is 9.25. The summed E-state index contributed by atoms with van der Waals surface area (Å²) in [6.45, 7) is 3.66. The van der Waals surface area contributed by atoms with Crippen LogP contribution in [0, 0.1) is 11.3 Å². The molecular formula is C7H10N2S. The highest BCUT2D eigenvalue weighted by molar-refractivity contribution is 7.97. The van der Waals surface area contributed by atoms with Gasteiger partial charge in [-0.25, -0.2) is 4.40 Å². The molecule has 10 heavy (non-hydrogen) atoms. The Morgan fingerprint density at radius 3 is 2.60 bits per heavy atom. The minimum Gasteiger partial charge on any atom is -0.220 e. The maximum Gasteiger partial charge on any atom is 0.101 e. The summed E-state index contributed by atoms with van der Waals surface area (Å²) in [6.07, 6.45) is 3.63. The molecule has 0 N–H and O–H groups in total. The molecule has 3 heteroatoms. The molecule has 0 saturated heterocycles. The van der Waals surface area contributed by atoms with Crippen molar-refractivity contribution in [3.05, 3.63) is 11.6 Å². The van der Waals surface area contributed by atoms with Gasteiger partial charge in [0.15, 0.2) is 0 Å². The van der Waals surface area contributed by atoms with Gasteiger partial charge in [0.25, 0.3) is 0 Å². The van der Waals surface area contributed by atoms with Crippen LogP contribution in [-0.4, -0.2) is 12.0 Å². The van der Waals surface area contributed by atoms with Gasteiger partial charge in [-0.2, -0.15) is 5.26 Å².